The molecule has 1 rings (SSSR count). The van der Waals surface area contributed by atoms with Gasteiger partial charge >= 0.3 is 0 Å². The van der Waals surface area contributed by atoms with Gasteiger partial charge in [-0.25, -0.2) is 0 Å². The zero-order valence-electron chi connectivity index (χ0n) is 8.06. The summed E-state index contributed by atoms with van der Waals surface area (Å²) in [6.07, 6.45) is 0. The van der Waals surface area contributed by atoms with Crippen LogP contribution in [0.2, 0.25) is 0 Å². The van der Waals surface area contributed by atoms with Crippen molar-refractivity contribution in [2.45, 2.75) is 33.6 Å². The summed E-state index contributed by atoms with van der Waals surface area (Å²) in [4.78, 5) is 14.6. The average Bonchev–Trinajstić information content (AvgIpc) is 1.82. The second-order valence-corrected chi connectivity index (χ2v) is 3.51. The first-order chi connectivity index (χ1) is 5.52. The first-order valence-electron chi connectivity index (χ1n) is 4.22. The Morgan fingerprint density at radius 2 is 1.92 bits per heavy atom. The molecule has 0 fully saturated rings. The predicted molar refractivity (Wildman–Crippen MR) is 50.6 cm³/mol. The van der Waals surface area contributed by atoms with Crippen molar-refractivity contribution in [2.75, 3.05) is 0 Å². The minimum atomic E-state index is 0.152. The van der Waals surface area contributed by atoms with E-state index < -0.39 is 0 Å². The minimum Gasteiger partial charge on any atom is -0.362 e. The number of H-pyrrole nitrogens is 1. The third-order valence-electron chi connectivity index (χ3n) is 1.98. The lowest BCUT2D eigenvalue weighted by Crippen LogP contribution is -2.13. The summed E-state index contributed by atoms with van der Waals surface area (Å²) >= 11 is 0. The molecule has 66 valence electrons. The van der Waals surface area contributed by atoms with E-state index in [1.54, 1.807) is 6.07 Å². The Morgan fingerprint density at radius 3 is 2.33 bits per heavy atom. The van der Waals surface area contributed by atoms with E-state index in [9.17, 15) is 4.79 Å². The van der Waals surface area contributed by atoms with Crippen LogP contribution < -0.4 is 5.43 Å². The average molecular weight is 165 g/mol. The van der Waals surface area contributed by atoms with Gasteiger partial charge in [0.05, 0.1) is 0 Å². The van der Waals surface area contributed by atoms with Crippen LogP contribution in [0.15, 0.2) is 10.9 Å². The van der Waals surface area contributed by atoms with E-state index in [1.165, 1.54) is 0 Å². The summed E-state index contributed by atoms with van der Waals surface area (Å²) in [6.45, 7) is 7.92. The van der Waals surface area contributed by atoms with Crippen LogP contribution in [0.25, 0.3) is 0 Å². The van der Waals surface area contributed by atoms with Gasteiger partial charge in [-0.3, -0.25) is 4.79 Å². The highest BCUT2D eigenvalue weighted by molar-refractivity contribution is 5.24. The maximum absolute atomic E-state index is 11.5. The molecule has 1 aromatic heterocycles. The zero-order valence-corrected chi connectivity index (χ0v) is 8.06. The molecule has 0 spiro atoms. The Bertz CT molecular complexity index is 336. The van der Waals surface area contributed by atoms with Crippen LogP contribution in [0.4, 0.5) is 0 Å². The first kappa shape index (κ1) is 9.04. The summed E-state index contributed by atoms with van der Waals surface area (Å²) in [5, 5.41) is 0. The van der Waals surface area contributed by atoms with Crippen molar-refractivity contribution in [3.63, 3.8) is 0 Å². The molecule has 1 aromatic rings. The lowest BCUT2D eigenvalue weighted by atomic mass is 10.0. The lowest BCUT2D eigenvalue weighted by Gasteiger charge is -2.08. The van der Waals surface area contributed by atoms with Gasteiger partial charge in [0.15, 0.2) is 5.43 Å². The first-order valence-corrected chi connectivity index (χ1v) is 4.22. The lowest BCUT2D eigenvalue weighted by molar-refractivity contribution is 0.828. The quantitative estimate of drug-likeness (QED) is 0.679. The number of rotatable bonds is 1. The maximum atomic E-state index is 11.5. The normalized spacial score (nSPS) is 10.8. The van der Waals surface area contributed by atoms with Crippen LogP contribution in [0, 0.1) is 13.8 Å². The summed E-state index contributed by atoms with van der Waals surface area (Å²) in [5.41, 5.74) is 2.98. The van der Waals surface area contributed by atoms with Gasteiger partial charge in [-0.15, -0.1) is 0 Å². The summed E-state index contributed by atoms with van der Waals surface area (Å²) in [7, 11) is 0. The fraction of sp³-hybridized carbons (Fsp3) is 0.500. The molecule has 0 aliphatic carbocycles. The van der Waals surface area contributed by atoms with Gasteiger partial charge in [-0.2, -0.15) is 0 Å². The van der Waals surface area contributed by atoms with Gasteiger partial charge in [0, 0.05) is 23.0 Å². The smallest absolute Gasteiger partial charge is 0.185 e. The third-order valence-corrected chi connectivity index (χ3v) is 1.98. The maximum Gasteiger partial charge on any atom is 0.185 e. The molecule has 0 aliphatic rings. The van der Waals surface area contributed by atoms with Crippen molar-refractivity contribution in [1.82, 2.24) is 4.98 Å². The van der Waals surface area contributed by atoms with E-state index in [0.717, 1.165) is 17.0 Å². The Balaban J connectivity index is 3.39. The van der Waals surface area contributed by atoms with E-state index in [0.29, 0.717) is 5.92 Å². The number of pyridine rings is 1. The molecule has 2 nitrogen and oxygen atoms in total. The van der Waals surface area contributed by atoms with E-state index in [4.69, 9.17) is 0 Å². The SMILES string of the molecule is Cc1cc(=O)c(C(C)C)c(C)[nH]1. The van der Waals surface area contributed by atoms with Crippen LogP contribution >= 0.6 is 0 Å². The molecule has 0 atom stereocenters. The van der Waals surface area contributed by atoms with Gasteiger partial charge in [0.2, 0.25) is 0 Å². The Labute approximate surface area is 72.6 Å². The van der Waals surface area contributed by atoms with Crippen LogP contribution in [-0.2, 0) is 0 Å². The van der Waals surface area contributed by atoms with Crippen molar-refractivity contribution in [3.05, 3.63) is 33.2 Å². The number of aryl methyl sites for hydroxylation is 2. The topological polar surface area (TPSA) is 32.9 Å². The molecule has 0 amide bonds. The monoisotopic (exact) mass is 165 g/mol. The fourth-order valence-electron chi connectivity index (χ4n) is 1.58. The van der Waals surface area contributed by atoms with E-state index in [1.807, 2.05) is 27.7 Å². The Morgan fingerprint density at radius 1 is 1.33 bits per heavy atom. The molecule has 12 heavy (non-hydrogen) atoms. The molecule has 0 aromatic carbocycles. The van der Waals surface area contributed by atoms with Crippen molar-refractivity contribution < 1.29 is 0 Å². The molecule has 0 bridgehead atoms. The molecule has 1 heterocycles. The van der Waals surface area contributed by atoms with Crippen LogP contribution in [-0.4, -0.2) is 4.98 Å². The van der Waals surface area contributed by atoms with E-state index in [-0.39, 0.29) is 5.43 Å². The summed E-state index contributed by atoms with van der Waals surface area (Å²) in [6, 6.07) is 1.66. The van der Waals surface area contributed by atoms with Crippen LogP contribution in [0.5, 0.6) is 0 Å². The van der Waals surface area contributed by atoms with Crippen molar-refractivity contribution in [1.29, 1.82) is 0 Å². The third kappa shape index (κ3) is 1.58. The fourth-order valence-corrected chi connectivity index (χ4v) is 1.58. The highest BCUT2D eigenvalue weighted by Crippen LogP contribution is 2.12. The molecule has 2 heteroatoms. The van der Waals surface area contributed by atoms with Gasteiger partial charge in [-0.1, -0.05) is 13.8 Å². The van der Waals surface area contributed by atoms with E-state index >= 15 is 0 Å². The number of hydrogen-bond donors (Lipinski definition) is 1. The standard InChI is InChI=1S/C10H15NO/c1-6(2)10-8(4)11-7(3)5-9(10)12/h5-6H,1-4H3,(H,11,12). The largest absolute Gasteiger partial charge is 0.362 e. The van der Waals surface area contributed by atoms with Crippen LogP contribution in [0.3, 0.4) is 0 Å². The Kier molecular flexibility index (Phi) is 2.36. The highest BCUT2D eigenvalue weighted by Gasteiger charge is 2.07. The van der Waals surface area contributed by atoms with Gasteiger partial charge < -0.3 is 4.98 Å². The van der Waals surface area contributed by atoms with Crippen LogP contribution in [0.1, 0.15) is 36.7 Å². The number of hydrogen-bond acceptors (Lipinski definition) is 1. The minimum absolute atomic E-state index is 0.152. The van der Waals surface area contributed by atoms with Gasteiger partial charge in [-0.05, 0) is 19.8 Å². The number of aromatic nitrogens is 1. The zero-order chi connectivity index (χ0) is 9.30. The molecule has 0 unspecified atom stereocenters. The van der Waals surface area contributed by atoms with Gasteiger partial charge in [0.25, 0.3) is 0 Å². The highest BCUT2D eigenvalue weighted by atomic mass is 16.1. The molecule has 0 saturated heterocycles. The summed E-state index contributed by atoms with van der Waals surface area (Å²) in [5.74, 6) is 0.300. The number of nitrogens with one attached hydrogen (secondary N) is 1. The van der Waals surface area contributed by atoms with Crippen molar-refractivity contribution in [3.8, 4) is 0 Å². The van der Waals surface area contributed by atoms with E-state index in [2.05, 4.69) is 4.98 Å². The molecule has 0 radical (unpaired) electrons. The molecular formula is C10H15NO. The molecule has 1 N–H and O–H groups in total. The molecular weight excluding hydrogens is 150 g/mol. The molecule has 0 aliphatic heterocycles. The summed E-state index contributed by atoms with van der Waals surface area (Å²) < 4.78 is 0. The van der Waals surface area contributed by atoms with Crippen molar-refractivity contribution in [2.24, 2.45) is 0 Å². The predicted octanol–water partition coefficient (Wildman–Crippen LogP) is 2.12. The molecule has 0 saturated carbocycles. The van der Waals surface area contributed by atoms with Gasteiger partial charge in [0.1, 0.15) is 0 Å². The number of aromatic amines is 1. The second kappa shape index (κ2) is 3.13. The Hall–Kier alpha value is -1.05. The second-order valence-electron chi connectivity index (χ2n) is 3.51. The van der Waals surface area contributed by atoms with Crippen molar-refractivity contribution >= 4 is 0 Å².